The summed E-state index contributed by atoms with van der Waals surface area (Å²) in [5.41, 5.74) is 0.825. The van der Waals surface area contributed by atoms with Crippen LogP contribution in [0.4, 0.5) is 26.9 Å². The molecule has 0 radical (unpaired) electrons. The van der Waals surface area contributed by atoms with Gasteiger partial charge in [0.25, 0.3) is 0 Å². The summed E-state index contributed by atoms with van der Waals surface area (Å²) in [6, 6.07) is 5.38. The number of carbonyl (C=O) groups is 2. The van der Waals surface area contributed by atoms with Gasteiger partial charge in [0, 0.05) is 64.1 Å². The molecule has 4 heterocycles. The van der Waals surface area contributed by atoms with E-state index in [0.29, 0.717) is 37.7 Å². The fraction of sp³-hybridized carbons (Fsp3) is 0.435. The molecule has 0 spiro atoms. The van der Waals surface area contributed by atoms with Gasteiger partial charge in [-0.2, -0.15) is 5.10 Å². The van der Waals surface area contributed by atoms with E-state index in [-0.39, 0.29) is 12.1 Å². The number of aryl methyl sites for hydroxylation is 1. The summed E-state index contributed by atoms with van der Waals surface area (Å²) in [7, 11) is 3.44. The molecule has 1 fully saturated rings. The van der Waals surface area contributed by atoms with Crippen molar-refractivity contribution < 1.29 is 14.3 Å². The second kappa shape index (κ2) is 9.16. The number of rotatable bonds is 3. The zero-order chi connectivity index (χ0) is 24.5. The number of piperazine rings is 1. The maximum Gasteiger partial charge on any atom is 0.410 e. The quantitative estimate of drug-likeness (QED) is 0.632. The van der Waals surface area contributed by atoms with Crippen LogP contribution in [0.25, 0.3) is 10.9 Å². The average molecular weight is 467 g/mol. The highest BCUT2D eigenvalue weighted by atomic mass is 16.6. The van der Waals surface area contributed by atoms with E-state index in [1.54, 1.807) is 48.3 Å². The van der Waals surface area contributed by atoms with Crippen LogP contribution in [0.15, 0.2) is 36.8 Å². The van der Waals surface area contributed by atoms with E-state index in [2.05, 4.69) is 20.3 Å². The zero-order valence-corrected chi connectivity index (χ0v) is 20.1. The number of anilines is 3. The fourth-order valence-corrected chi connectivity index (χ4v) is 3.60. The number of pyridine rings is 2. The van der Waals surface area contributed by atoms with Gasteiger partial charge in [-0.3, -0.25) is 9.58 Å². The van der Waals surface area contributed by atoms with Crippen LogP contribution in [0.3, 0.4) is 0 Å². The lowest BCUT2D eigenvalue weighted by Crippen LogP contribution is -2.50. The van der Waals surface area contributed by atoms with E-state index in [0.717, 1.165) is 16.7 Å². The highest BCUT2D eigenvalue weighted by Crippen LogP contribution is 2.23. The molecule has 3 amide bonds. The first-order valence-corrected chi connectivity index (χ1v) is 11.1. The van der Waals surface area contributed by atoms with E-state index >= 15 is 0 Å². The molecule has 0 unspecified atom stereocenters. The number of nitrogens with zero attached hydrogens (tertiary/aromatic N) is 7. The van der Waals surface area contributed by atoms with E-state index in [1.807, 2.05) is 32.9 Å². The lowest BCUT2D eigenvalue weighted by atomic mass is 10.2. The Hall–Kier alpha value is -3.89. The van der Waals surface area contributed by atoms with Gasteiger partial charge in [-0.05, 0) is 32.9 Å². The molecule has 0 aromatic carbocycles. The highest BCUT2D eigenvalue weighted by Gasteiger charge is 2.26. The lowest BCUT2D eigenvalue weighted by Gasteiger charge is -2.36. The monoisotopic (exact) mass is 466 g/mol. The second-order valence-electron chi connectivity index (χ2n) is 9.25. The number of amides is 3. The smallest absolute Gasteiger partial charge is 0.410 e. The summed E-state index contributed by atoms with van der Waals surface area (Å²) >= 11 is 0. The Balaban J connectivity index is 1.44. The van der Waals surface area contributed by atoms with E-state index in [9.17, 15) is 9.59 Å². The van der Waals surface area contributed by atoms with Crippen LogP contribution in [0.5, 0.6) is 0 Å². The molecule has 0 atom stereocenters. The summed E-state index contributed by atoms with van der Waals surface area (Å²) in [5.74, 6) is 1.30. The van der Waals surface area contributed by atoms with Gasteiger partial charge in [-0.15, -0.1) is 0 Å². The molecule has 0 aliphatic carbocycles. The van der Waals surface area contributed by atoms with Crippen LogP contribution >= 0.6 is 0 Å². The predicted octanol–water partition coefficient (Wildman–Crippen LogP) is 3.09. The molecular formula is C23H30N8O3. The van der Waals surface area contributed by atoms with Gasteiger partial charge in [-0.1, -0.05) is 0 Å². The Kier molecular flexibility index (Phi) is 6.27. The van der Waals surface area contributed by atoms with Crippen LogP contribution in [-0.2, 0) is 11.8 Å². The Morgan fingerprint density at radius 2 is 1.85 bits per heavy atom. The molecule has 1 N–H and O–H groups in total. The Morgan fingerprint density at radius 1 is 1.12 bits per heavy atom. The molecule has 0 bridgehead atoms. The molecular weight excluding hydrogens is 436 g/mol. The van der Waals surface area contributed by atoms with Crippen LogP contribution in [0, 0.1) is 0 Å². The van der Waals surface area contributed by atoms with Crippen molar-refractivity contribution in [3.05, 3.63) is 36.8 Å². The van der Waals surface area contributed by atoms with Crippen molar-refractivity contribution in [2.75, 3.05) is 48.3 Å². The molecule has 11 heteroatoms. The number of aromatic nitrogens is 4. The van der Waals surface area contributed by atoms with E-state index in [1.165, 1.54) is 4.90 Å². The number of ether oxygens (including phenoxy) is 1. The van der Waals surface area contributed by atoms with Crippen molar-refractivity contribution in [2.24, 2.45) is 7.05 Å². The molecule has 180 valence electrons. The van der Waals surface area contributed by atoms with Crippen molar-refractivity contribution in [1.82, 2.24) is 24.6 Å². The lowest BCUT2D eigenvalue weighted by molar-refractivity contribution is 0.0240. The fourth-order valence-electron chi connectivity index (χ4n) is 3.60. The number of urea groups is 1. The zero-order valence-electron chi connectivity index (χ0n) is 20.1. The van der Waals surface area contributed by atoms with Gasteiger partial charge < -0.3 is 19.9 Å². The third-order valence-corrected chi connectivity index (χ3v) is 5.40. The van der Waals surface area contributed by atoms with Gasteiger partial charge >= 0.3 is 12.1 Å². The normalized spacial score (nSPS) is 14.3. The molecule has 3 aromatic rings. The first-order valence-electron chi connectivity index (χ1n) is 11.1. The van der Waals surface area contributed by atoms with Gasteiger partial charge in [0.1, 0.15) is 17.2 Å². The summed E-state index contributed by atoms with van der Waals surface area (Å²) < 4.78 is 7.09. The predicted molar refractivity (Wildman–Crippen MR) is 130 cm³/mol. The largest absolute Gasteiger partial charge is 0.444 e. The number of carbonyl (C=O) groups excluding carboxylic acids is 2. The van der Waals surface area contributed by atoms with Crippen LogP contribution in [0.2, 0.25) is 0 Å². The van der Waals surface area contributed by atoms with Crippen molar-refractivity contribution in [1.29, 1.82) is 0 Å². The second-order valence-corrected chi connectivity index (χ2v) is 9.25. The third kappa shape index (κ3) is 5.36. The molecule has 4 rings (SSSR count). The molecule has 1 saturated heterocycles. The number of fused-ring (bicyclic) bond motifs is 1. The first-order chi connectivity index (χ1) is 16.1. The number of nitrogens with one attached hydrogen (secondary N) is 1. The topological polar surface area (TPSA) is 109 Å². The Bertz CT molecular complexity index is 1190. The summed E-state index contributed by atoms with van der Waals surface area (Å²) in [5, 5.41) is 7.72. The van der Waals surface area contributed by atoms with E-state index < -0.39 is 5.60 Å². The molecule has 34 heavy (non-hydrogen) atoms. The minimum atomic E-state index is -0.512. The van der Waals surface area contributed by atoms with Gasteiger partial charge in [0.2, 0.25) is 0 Å². The van der Waals surface area contributed by atoms with Crippen LogP contribution in [-0.4, -0.2) is 75.6 Å². The first kappa shape index (κ1) is 23.3. The van der Waals surface area contributed by atoms with Gasteiger partial charge in [-0.25, -0.2) is 19.6 Å². The van der Waals surface area contributed by atoms with Crippen molar-refractivity contribution in [2.45, 2.75) is 26.4 Å². The Labute approximate surface area is 198 Å². The minimum absolute atomic E-state index is 0.290. The van der Waals surface area contributed by atoms with E-state index in [4.69, 9.17) is 9.72 Å². The standard InChI is InChI=1S/C23H30N8O3/c1-23(2,3)34-22(33)31-10-8-30(9-11-31)19-7-6-16-13-24-20(12-18(16)27-19)29(5)21(32)26-17-14-25-28(4)15-17/h6-7,12-15H,8-11H2,1-5H3,(H,26,32). The molecule has 1 aliphatic rings. The van der Waals surface area contributed by atoms with Crippen molar-refractivity contribution in [3.8, 4) is 0 Å². The molecule has 11 nitrogen and oxygen atoms in total. The number of hydrogen-bond acceptors (Lipinski definition) is 7. The molecule has 3 aromatic heterocycles. The molecule has 1 aliphatic heterocycles. The SMILES string of the molecule is CN(C(=O)Nc1cnn(C)c1)c1cc2nc(N3CCN(C(=O)OC(C)(C)C)CC3)ccc2cn1. The summed E-state index contributed by atoms with van der Waals surface area (Å²) in [6.07, 6.45) is 4.71. The summed E-state index contributed by atoms with van der Waals surface area (Å²) in [6.45, 7) is 8.03. The summed E-state index contributed by atoms with van der Waals surface area (Å²) in [4.78, 5) is 39.4. The average Bonchev–Trinajstić information content (AvgIpc) is 3.21. The Morgan fingerprint density at radius 3 is 2.50 bits per heavy atom. The highest BCUT2D eigenvalue weighted by molar-refractivity contribution is 6.01. The molecule has 0 saturated carbocycles. The van der Waals surface area contributed by atoms with Gasteiger partial charge in [0.05, 0.1) is 17.4 Å². The maximum atomic E-state index is 12.6. The van der Waals surface area contributed by atoms with Crippen LogP contribution < -0.4 is 15.1 Å². The minimum Gasteiger partial charge on any atom is -0.444 e. The van der Waals surface area contributed by atoms with Crippen molar-refractivity contribution >= 4 is 40.4 Å². The van der Waals surface area contributed by atoms with Gasteiger partial charge in [0.15, 0.2) is 0 Å². The third-order valence-electron chi connectivity index (χ3n) is 5.40. The number of hydrogen-bond donors (Lipinski definition) is 1. The maximum absolute atomic E-state index is 12.6. The van der Waals surface area contributed by atoms with Crippen LogP contribution in [0.1, 0.15) is 20.8 Å². The van der Waals surface area contributed by atoms with Crippen molar-refractivity contribution in [3.63, 3.8) is 0 Å².